The molecule has 5 heteroatoms. The third-order valence-corrected chi connectivity index (χ3v) is 2.58. The topological polar surface area (TPSA) is 55.8 Å². The van der Waals surface area contributed by atoms with Crippen LogP contribution in [0.2, 0.25) is 0 Å². The van der Waals surface area contributed by atoms with Crippen molar-refractivity contribution in [1.82, 2.24) is 4.90 Å². The maximum Gasteiger partial charge on any atom is 0.414 e. The molecule has 1 heterocycles. The lowest BCUT2D eigenvalue weighted by Crippen LogP contribution is -2.23. The van der Waals surface area contributed by atoms with Gasteiger partial charge in [0.1, 0.15) is 6.61 Å². The summed E-state index contributed by atoms with van der Waals surface area (Å²) >= 11 is 0. The number of benzene rings is 1. The zero-order valence-electron chi connectivity index (χ0n) is 9.96. The van der Waals surface area contributed by atoms with Gasteiger partial charge in [0.25, 0.3) is 0 Å². The highest BCUT2D eigenvalue weighted by atomic mass is 16.6. The predicted octanol–water partition coefficient (Wildman–Crippen LogP) is 1.65. The van der Waals surface area contributed by atoms with Crippen LogP contribution in [-0.4, -0.2) is 37.2 Å². The van der Waals surface area contributed by atoms with Crippen molar-refractivity contribution in [3.05, 3.63) is 42.0 Å². The van der Waals surface area contributed by atoms with Crippen LogP contribution >= 0.6 is 0 Å². The minimum atomic E-state index is -0.506. The molecule has 0 aromatic heterocycles. The van der Waals surface area contributed by atoms with E-state index in [4.69, 9.17) is 4.74 Å². The highest BCUT2D eigenvalue weighted by Gasteiger charge is 2.27. The van der Waals surface area contributed by atoms with Crippen LogP contribution < -0.4 is 0 Å². The van der Waals surface area contributed by atoms with Crippen LogP contribution in [0.3, 0.4) is 0 Å². The number of ether oxygens (including phenoxy) is 2. The number of methoxy groups -OCH3 is 1. The molecule has 1 aromatic carbocycles. The molecule has 0 saturated carbocycles. The van der Waals surface area contributed by atoms with E-state index in [2.05, 4.69) is 4.74 Å². The molecule has 0 atom stereocenters. The Balaban J connectivity index is 2.38. The average Bonchev–Trinajstić information content (AvgIpc) is 2.83. The Morgan fingerprint density at radius 1 is 1.39 bits per heavy atom. The van der Waals surface area contributed by atoms with E-state index in [0.29, 0.717) is 18.8 Å². The second-order valence-electron chi connectivity index (χ2n) is 3.68. The first kappa shape index (κ1) is 12.2. The van der Waals surface area contributed by atoms with E-state index < -0.39 is 12.1 Å². The van der Waals surface area contributed by atoms with Crippen molar-refractivity contribution in [2.45, 2.75) is 0 Å². The summed E-state index contributed by atoms with van der Waals surface area (Å²) in [7, 11) is 1.30. The predicted molar refractivity (Wildman–Crippen MR) is 64.5 cm³/mol. The summed E-state index contributed by atoms with van der Waals surface area (Å²) in [6.07, 6.45) is 0.844. The van der Waals surface area contributed by atoms with E-state index in [0.717, 1.165) is 5.56 Å². The molecule has 0 radical (unpaired) electrons. The Morgan fingerprint density at radius 2 is 2.11 bits per heavy atom. The van der Waals surface area contributed by atoms with Crippen molar-refractivity contribution in [3.8, 4) is 0 Å². The molecular weight excluding hydrogens is 234 g/mol. The summed E-state index contributed by atoms with van der Waals surface area (Å²) in [5, 5.41) is 0. The third kappa shape index (κ3) is 2.51. The van der Waals surface area contributed by atoms with Crippen molar-refractivity contribution in [2.24, 2.45) is 0 Å². The minimum absolute atomic E-state index is 0.324. The average molecular weight is 247 g/mol. The number of nitrogens with zero attached hydrogens (tertiary/aromatic N) is 1. The lowest BCUT2D eigenvalue weighted by Gasteiger charge is -2.17. The molecule has 0 bridgehead atoms. The number of carbonyl (C=O) groups excluding carboxylic acids is 2. The Labute approximate surface area is 105 Å². The van der Waals surface area contributed by atoms with Gasteiger partial charge in [-0.15, -0.1) is 0 Å². The highest BCUT2D eigenvalue weighted by Crippen LogP contribution is 2.22. The van der Waals surface area contributed by atoms with Gasteiger partial charge in [-0.25, -0.2) is 9.59 Å². The van der Waals surface area contributed by atoms with Crippen molar-refractivity contribution in [2.75, 3.05) is 20.3 Å². The van der Waals surface area contributed by atoms with Gasteiger partial charge in [-0.1, -0.05) is 30.3 Å². The molecule has 1 amide bonds. The minimum Gasteiger partial charge on any atom is -0.466 e. The maximum atomic E-state index is 11.6. The van der Waals surface area contributed by atoms with Gasteiger partial charge in [0.15, 0.2) is 0 Å². The molecule has 1 fully saturated rings. The molecule has 1 aliphatic rings. The fraction of sp³-hybridized carbons (Fsp3) is 0.231. The second-order valence-corrected chi connectivity index (χ2v) is 3.68. The summed E-state index contributed by atoms with van der Waals surface area (Å²) in [5.41, 5.74) is 1.26. The van der Waals surface area contributed by atoms with Gasteiger partial charge < -0.3 is 9.47 Å². The van der Waals surface area contributed by atoms with Gasteiger partial charge in [0, 0.05) is 6.08 Å². The van der Waals surface area contributed by atoms with Crippen molar-refractivity contribution in [1.29, 1.82) is 0 Å². The molecule has 0 spiro atoms. The monoisotopic (exact) mass is 247 g/mol. The zero-order valence-corrected chi connectivity index (χ0v) is 9.96. The van der Waals surface area contributed by atoms with Crippen molar-refractivity contribution in [3.63, 3.8) is 0 Å². The lowest BCUT2D eigenvalue weighted by atomic mass is 10.1. The SMILES string of the molecule is COC(=O)C=C(c1ccccc1)N1CCOC1=O. The number of amides is 1. The quantitative estimate of drug-likeness (QED) is 0.602. The van der Waals surface area contributed by atoms with E-state index in [-0.39, 0.29) is 0 Å². The van der Waals surface area contributed by atoms with Gasteiger partial charge in [-0.2, -0.15) is 0 Å². The molecular formula is C13H13NO4. The highest BCUT2D eigenvalue weighted by molar-refractivity contribution is 5.94. The lowest BCUT2D eigenvalue weighted by molar-refractivity contribution is -0.134. The molecule has 1 aromatic rings. The first-order valence-electron chi connectivity index (χ1n) is 5.51. The standard InChI is InChI=1S/C13H13NO4/c1-17-12(15)9-11(10-5-3-2-4-6-10)14-7-8-18-13(14)16/h2-6,9H,7-8H2,1H3. The summed E-state index contributed by atoms with van der Waals surface area (Å²) in [5.74, 6) is -0.506. The number of carbonyl (C=O) groups is 2. The number of rotatable bonds is 3. The Bertz CT molecular complexity index is 481. The molecule has 94 valence electrons. The zero-order chi connectivity index (χ0) is 13.0. The Morgan fingerprint density at radius 3 is 2.67 bits per heavy atom. The van der Waals surface area contributed by atoms with E-state index >= 15 is 0 Å². The van der Waals surface area contributed by atoms with Crippen molar-refractivity contribution >= 4 is 17.8 Å². The van der Waals surface area contributed by atoms with Gasteiger partial charge in [-0.3, -0.25) is 4.90 Å². The summed E-state index contributed by atoms with van der Waals surface area (Å²) in [6, 6.07) is 9.17. The number of hydrogen-bond donors (Lipinski definition) is 0. The molecule has 2 rings (SSSR count). The molecule has 0 N–H and O–H groups in total. The molecule has 1 saturated heterocycles. The van der Waals surface area contributed by atoms with Crippen LogP contribution in [0.1, 0.15) is 5.56 Å². The van der Waals surface area contributed by atoms with Crippen LogP contribution in [0.5, 0.6) is 0 Å². The van der Waals surface area contributed by atoms with Crippen molar-refractivity contribution < 1.29 is 19.1 Å². The fourth-order valence-electron chi connectivity index (χ4n) is 1.71. The molecule has 1 aliphatic heterocycles. The summed E-state index contributed by atoms with van der Waals surface area (Å²) in [6.45, 7) is 0.751. The van der Waals surface area contributed by atoms with Gasteiger partial charge >= 0.3 is 12.1 Å². The normalized spacial score (nSPS) is 15.5. The Hall–Kier alpha value is -2.30. The van der Waals surface area contributed by atoms with E-state index in [9.17, 15) is 9.59 Å². The van der Waals surface area contributed by atoms with E-state index in [1.54, 1.807) is 0 Å². The van der Waals surface area contributed by atoms with Gasteiger partial charge in [0.2, 0.25) is 0 Å². The number of cyclic esters (lactones) is 1. The van der Waals surface area contributed by atoms with Crippen LogP contribution in [0, 0.1) is 0 Å². The summed E-state index contributed by atoms with van der Waals surface area (Å²) in [4.78, 5) is 24.4. The molecule has 0 unspecified atom stereocenters. The van der Waals surface area contributed by atoms with E-state index in [1.807, 2.05) is 30.3 Å². The molecule has 5 nitrogen and oxygen atoms in total. The maximum absolute atomic E-state index is 11.6. The second kappa shape index (κ2) is 5.35. The van der Waals surface area contributed by atoms with Crippen LogP contribution in [-0.2, 0) is 14.3 Å². The number of hydrogen-bond acceptors (Lipinski definition) is 4. The summed E-state index contributed by atoms with van der Waals surface area (Å²) < 4.78 is 9.48. The third-order valence-electron chi connectivity index (χ3n) is 2.58. The van der Waals surface area contributed by atoms with Gasteiger partial charge in [0.05, 0.1) is 19.4 Å². The number of esters is 1. The molecule has 18 heavy (non-hydrogen) atoms. The van der Waals surface area contributed by atoms with Crippen LogP contribution in [0.4, 0.5) is 4.79 Å². The van der Waals surface area contributed by atoms with E-state index in [1.165, 1.54) is 18.1 Å². The molecule has 0 aliphatic carbocycles. The fourth-order valence-corrected chi connectivity index (χ4v) is 1.71. The Kier molecular flexibility index (Phi) is 3.62. The first-order chi connectivity index (χ1) is 8.72. The smallest absolute Gasteiger partial charge is 0.414 e. The van der Waals surface area contributed by atoms with Crippen LogP contribution in [0.15, 0.2) is 36.4 Å². The van der Waals surface area contributed by atoms with Crippen LogP contribution in [0.25, 0.3) is 5.70 Å². The first-order valence-corrected chi connectivity index (χ1v) is 5.51. The van der Waals surface area contributed by atoms with Gasteiger partial charge in [-0.05, 0) is 5.56 Å². The largest absolute Gasteiger partial charge is 0.466 e.